The molecule has 0 amide bonds. The second-order valence-corrected chi connectivity index (χ2v) is 8.21. The molecule has 2 saturated heterocycles. The van der Waals surface area contributed by atoms with E-state index >= 15 is 0 Å². The van der Waals surface area contributed by atoms with Gasteiger partial charge in [-0.15, -0.1) is 0 Å². The molecule has 1 aromatic heterocycles. The Hall–Kier alpha value is -1.40. The third-order valence-electron chi connectivity index (χ3n) is 4.59. The lowest BCUT2D eigenvalue weighted by atomic mass is 9.93. The molecule has 2 fully saturated rings. The van der Waals surface area contributed by atoms with E-state index < -0.39 is 0 Å². The molecular formula is C17H30N6. The summed E-state index contributed by atoms with van der Waals surface area (Å²) in [6.45, 7) is 16.0. The van der Waals surface area contributed by atoms with Crippen molar-refractivity contribution >= 4 is 11.8 Å². The van der Waals surface area contributed by atoms with Crippen molar-refractivity contribution in [2.24, 2.45) is 5.41 Å². The van der Waals surface area contributed by atoms with Crippen molar-refractivity contribution in [3.05, 3.63) is 12.3 Å². The summed E-state index contributed by atoms with van der Waals surface area (Å²) < 4.78 is 0. The van der Waals surface area contributed by atoms with Crippen LogP contribution in [0.5, 0.6) is 0 Å². The van der Waals surface area contributed by atoms with Crippen LogP contribution in [0, 0.1) is 5.41 Å². The molecule has 6 nitrogen and oxygen atoms in total. The zero-order valence-electron chi connectivity index (χ0n) is 14.9. The van der Waals surface area contributed by atoms with Gasteiger partial charge in [-0.1, -0.05) is 13.8 Å². The van der Waals surface area contributed by atoms with E-state index in [0.29, 0.717) is 0 Å². The van der Waals surface area contributed by atoms with Crippen molar-refractivity contribution in [2.75, 3.05) is 55.6 Å². The summed E-state index contributed by atoms with van der Waals surface area (Å²) in [5.41, 5.74) is 0.352. The fourth-order valence-electron chi connectivity index (χ4n) is 3.47. The Morgan fingerprint density at radius 1 is 1.04 bits per heavy atom. The van der Waals surface area contributed by atoms with Gasteiger partial charge in [0.25, 0.3) is 0 Å². The quantitative estimate of drug-likeness (QED) is 0.852. The largest absolute Gasteiger partial charge is 0.353 e. The van der Waals surface area contributed by atoms with Gasteiger partial charge in [0.05, 0.1) is 0 Å². The standard InChI is InChI=1S/C17H30N6/c1-16(2)11-18-7-9-23(12-16)15-19-6-5-14(21-15)22-10-8-20-17(3,4)13-22/h5-6,18,20H,7-13H2,1-4H3. The van der Waals surface area contributed by atoms with E-state index in [9.17, 15) is 0 Å². The number of rotatable bonds is 2. The number of hydrogen-bond acceptors (Lipinski definition) is 6. The molecule has 3 rings (SSSR count). The predicted molar refractivity (Wildman–Crippen MR) is 95.2 cm³/mol. The highest BCUT2D eigenvalue weighted by molar-refractivity contribution is 5.45. The van der Waals surface area contributed by atoms with Crippen LogP contribution in [0.1, 0.15) is 27.7 Å². The smallest absolute Gasteiger partial charge is 0.227 e. The van der Waals surface area contributed by atoms with Gasteiger partial charge in [-0.2, -0.15) is 4.98 Å². The zero-order valence-corrected chi connectivity index (χ0v) is 14.9. The van der Waals surface area contributed by atoms with E-state index in [2.05, 4.69) is 53.1 Å². The highest BCUT2D eigenvalue weighted by Crippen LogP contribution is 2.23. The van der Waals surface area contributed by atoms with Gasteiger partial charge in [-0.05, 0) is 25.3 Å². The molecule has 6 heteroatoms. The van der Waals surface area contributed by atoms with Crippen molar-refractivity contribution < 1.29 is 0 Å². The van der Waals surface area contributed by atoms with Crippen molar-refractivity contribution in [1.29, 1.82) is 0 Å². The van der Waals surface area contributed by atoms with Crippen LogP contribution in [-0.4, -0.2) is 61.3 Å². The Labute approximate surface area is 139 Å². The van der Waals surface area contributed by atoms with E-state index in [-0.39, 0.29) is 11.0 Å². The van der Waals surface area contributed by atoms with Crippen LogP contribution >= 0.6 is 0 Å². The number of piperazine rings is 1. The zero-order chi connectivity index (χ0) is 16.5. The molecule has 0 atom stereocenters. The summed E-state index contributed by atoms with van der Waals surface area (Å²) in [5, 5.41) is 7.06. The lowest BCUT2D eigenvalue weighted by Gasteiger charge is -2.40. The van der Waals surface area contributed by atoms with Gasteiger partial charge in [-0.25, -0.2) is 4.98 Å². The van der Waals surface area contributed by atoms with Crippen LogP contribution in [0.3, 0.4) is 0 Å². The van der Waals surface area contributed by atoms with Gasteiger partial charge in [0.2, 0.25) is 5.95 Å². The Bertz CT molecular complexity index is 542. The van der Waals surface area contributed by atoms with Crippen LogP contribution in [-0.2, 0) is 0 Å². The molecule has 23 heavy (non-hydrogen) atoms. The topological polar surface area (TPSA) is 56.3 Å². The summed E-state index contributed by atoms with van der Waals surface area (Å²) in [4.78, 5) is 14.1. The van der Waals surface area contributed by atoms with Gasteiger partial charge < -0.3 is 20.4 Å². The van der Waals surface area contributed by atoms with E-state index in [1.165, 1.54) is 0 Å². The Kier molecular flexibility index (Phi) is 4.47. The highest BCUT2D eigenvalue weighted by atomic mass is 15.3. The molecule has 0 aliphatic carbocycles. The van der Waals surface area contributed by atoms with Gasteiger partial charge in [0, 0.05) is 57.5 Å². The maximum absolute atomic E-state index is 4.88. The minimum Gasteiger partial charge on any atom is -0.353 e. The molecule has 0 unspecified atom stereocenters. The fraction of sp³-hybridized carbons (Fsp3) is 0.765. The molecule has 1 aromatic rings. The normalized spacial score (nSPS) is 24.3. The molecule has 0 aromatic carbocycles. The molecule has 2 aliphatic heterocycles. The first-order chi connectivity index (χ1) is 10.8. The average Bonchev–Trinajstić information content (AvgIpc) is 2.67. The summed E-state index contributed by atoms with van der Waals surface area (Å²) in [6, 6.07) is 2.03. The van der Waals surface area contributed by atoms with Gasteiger partial charge in [-0.3, -0.25) is 0 Å². The van der Waals surface area contributed by atoms with Crippen LogP contribution < -0.4 is 20.4 Å². The van der Waals surface area contributed by atoms with Gasteiger partial charge >= 0.3 is 0 Å². The molecule has 3 heterocycles. The summed E-state index contributed by atoms with van der Waals surface area (Å²) >= 11 is 0. The Morgan fingerprint density at radius 2 is 1.83 bits per heavy atom. The van der Waals surface area contributed by atoms with E-state index in [1.807, 2.05) is 12.3 Å². The maximum atomic E-state index is 4.88. The third-order valence-corrected chi connectivity index (χ3v) is 4.59. The number of nitrogens with one attached hydrogen (secondary N) is 2. The number of hydrogen-bond donors (Lipinski definition) is 2. The van der Waals surface area contributed by atoms with Crippen LogP contribution in [0.4, 0.5) is 11.8 Å². The predicted octanol–water partition coefficient (Wildman–Crippen LogP) is 1.10. The second-order valence-electron chi connectivity index (χ2n) is 8.21. The Morgan fingerprint density at radius 3 is 2.61 bits per heavy atom. The van der Waals surface area contributed by atoms with Crippen molar-refractivity contribution in [2.45, 2.75) is 33.2 Å². The van der Waals surface area contributed by atoms with Gasteiger partial charge in [0.1, 0.15) is 5.82 Å². The first-order valence-corrected chi connectivity index (χ1v) is 8.63. The van der Waals surface area contributed by atoms with Crippen LogP contribution in [0.25, 0.3) is 0 Å². The van der Waals surface area contributed by atoms with Crippen LogP contribution in [0.15, 0.2) is 12.3 Å². The van der Waals surface area contributed by atoms with Crippen molar-refractivity contribution in [3.8, 4) is 0 Å². The monoisotopic (exact) mass is 318 g/mol. The fourth-order valence-corrected chi connectivity index (χ4v) is 3.47. The molecule has 0 spiro atoms. The molecule has 128 valence electrons. The lowest BCUT2D eigenvalue weighted by molar-refractivity contribution is 0.351. The minimum absolute atomic E-state index is 0.123. The van der Waals surface area contributed by atoms with Gasteiger partial charge in [0.15, 0.2) is 0 Å². The van der Waals surface area contributed by atoms with Crippen molar-refractivity contribution in [3.63, 3.8) is 0 Å². The SMILES string of the molecule is CC1(C)CNCCN(c2nccc(N3CCNC(C)(C)C3)n2)C1. The summed E-state index contributed by atoms with van der Waals surface area (Å²) in [7, 11) is 0. The summed E-state index contributed by atoms with van der Waals surface area (Å²) in [6.07, 6.45) is 1.90. The maximum Gasteiger partial charge on any atom is 0.227 e. The third kappa shape index (κ3) is 4.12. The Balaban J connectivity index is 1.79. The van der Waals surface area contributed by atoms with E-state index in [1.54, 1.807) is 0 Å². The first kappa shape index (κ1) is 16.5. The molecule has 0 bridgehead atoms. The van der Waals surface area contributed by atoms with Crippen LogP contribution in [0.2, 0.25) is 0 Å². The summed E-state index contributed by atoms with van der Waals surface area (Å²) in [5.74, 6) is 1.90. The lowest BCUT2D eigenvalue weighted by Crippen LogP contribution is -2.57. The number of anilines is 2. The average molecular weight is 318 g/mol. The molecule has 0 saturated carbocycles. The highest BCUT2D eigenvalue weighted by Gasteiger charge is 2.28. The molecular weight excluding hydrogens is 288 g/mol. The number of aromatic nitrogens is 2. The number of nitrogens with zero attached hydrogens (tertiary/aromatic N) is 4. The minimum atomic E-state index is 0.123. The van der Waals surface area contributed by atoms with Crippen molar-refractivity contribution in [1.82, 2.24) is 20.6 Å². The molecule has 2 N–H and O–H groups in total. The van der Waals surface area contributed by atoms with E-state index in [0.717, 1.165) is 57.6 Å². The molecule has 0 radical (unpaired) electrons. The second kappa shape index (κ2) is 6.24. The molecule has 2 aliphatic rings. The van der Waals surface area contributed by atoms with E-state index in [4.69, 9.17) is 4.98 Å². The first-order valence-electron chi connectivity index (χ1n) is 8.63.